The number of carbonyl (C=O) groups excluding carboxylic acids is 1. The van der Waals surface area contributed by atoms with Gasteiger partial charge < -0.3 is 19.3 Å². The normalized spacial score (nSPS) is 12.0. The molecule has 0 fully saturated rings. The van der Waals surface area contributed by atoms with Crippen LogP contribution in [0.2, 0.25) is 0 Å². The molecule has 0 saturated carbocycles. The zero-order chi connectivity index (χ0) is 21.0. The summed E-state index contributed by atoms with van der Waals surface area (Å²) in [5.74, 6) is -1.05. The molecule has 0 saturated heterocycles. The van der Waals surface area contributed by atoms with Gasteiger partial charge in [-0.2, -0.15) is 0 Å². The topological polar surface area (TPSA) is 82.1 Å². The van der Waals surface area contributed by atoms with E-state index in [1.165, 1.54) is 0 Å². The summed E-state index contributed by atoms with van der Waals surface area (Å²) in [6, 6.07) is 9.61. The molecule has 0 aliphatic heterocycles. The molecule has 0 spiro atoms. The van der Waals surface area contributed by atoms with Gasteiger partial charge in [0.05, 0.1) is 10.8 Å². The molecule has 158 valence electrons. The number of aliphatic carboxylic acids is 1. The summed E-state index contributed by atoms with van der Waals surface area (Å²) in [7, 11) is 0. The number of ether oxygens (including phenoxy) is 3. The van der Waals surface area contributed by atoms with E-state index in [9.17, 15) is 9.59 Å². The molecule has 1 rings (SSSR count). The van der Waals surface area contributed by atoms with Gasteiger partial charge in [0, 0.05) is 26.4 Å². The maximum Gasteiger partial charge on any atom is 0.311 e. The Morgan fingerprint density at radius 2 is 1.39 bits per heavy atom. The molecule has 0 aliphatic carbocycles. The third-order valence-corrected chi connectivity index (χ3v) is 4.66. The summed E-state index contributed by atoms with van der Waals surface area (Å²) in [5, 5.41) is 9.03. The van der Waals surface area contributed by atoms with Crippen LogP contribution in [0.25, 0.3) is 0 Å². The highest BCUT2D eigenvalue weighted by atomic mass is 16.5. The number of rotatable bonds is 14. The summed E-state index contributed by atoms with van der Waals surface area (Å²) in [4.78, 5) is 23.3. The summed E-state index contributed by atoms with van der Waals surface area (Å²) < 4.78 is 16.5. The second kappa shape index (κ2) is 11.8. The molecule has 28 heavy (non-hydrogen) atoms. The minimum absolute atomic E-state index is 0.232. The Hall–Kier alpha value is -1.92. The molecule has 1 aromatic carbocycles. The lowest BCUT2D eigenvalue weighted by Gasteiger charge is -2.22. The van der Waals surface area contributed by atoms with Crippen molar-refractivity contribution in [3.63, 3.8) is 0 Å². The molecule has 0 unspecified atom stereocenters. The van der Waals surface area contributed by atoms with Gasteiger partial charge in [0.15, 0.2) is 0 Å². The van der Waals surface area contributed by atoms with Crippen molar-refractivity contribution in [2.45, 2.75) is 53.6 Å². The first-order chi connectivity index (χ1) is 13.1. The number of carbonyl (C=O) groups is 2. The monoisotopic (exact) mass is 394 g/mol. The molecule has 6 nitrogen and oxygen atoms in total. The molecule has 0 radical (unpaired) electrons. The van der Waals surface area contributed by atoms with E-state index >= 15 is 0 Å². The molecule has 1 aromatic rings. The first-order valence-corrected chi connectivity index (χ1v) is 9.75. The molecule has 0 aromatic heterocycles. The molecule has 1 N–H and O–H groups in total. The quantitative estimate of drug-likeness (QED) is 0.378. The van der Waals surface area contributed by atoms with Crippen LogP contribution < -0.4 is 0 Å². The highest BCUT2D eigenvalue weighted by molar-refractivity contribution is 5.75. The van der Waals surface area contributed by atoms with Gasteiger partial charge >= 0.3 is 11.9 Å². The maximum absolute atomic E-state index is 12.3. The van der Waals surface area contributed by atoms with Crippen molar-refractivity contribution in [3.05, 3.63) is 35.9 Å². The average Bonchev–Trinajstić information content (AvgIpc) is 2.65. The van der Waals surface area contributed by atoms with E-state index in [1.54, 1.807) is 13.8 Å². The van der Waals surface area contributed by atoms with Gasteiger partial charge in [-0.1, -0.05) is 30.3 Å². The molecule has 0 amide bonds. The molecule has 0 heterocycles. The van der Waals surface area contributed by atoms with Crippen LogP contribution in [0.5, 0.6) is 0 Å². The van der Waals surface area contributed by atoms with Crippen LogP contribution in [0.4, 0.5) is 0 Å². The average molecular weight is 395 g/mol. The molecule has 0 aliphatic rings. The van der Waals surface area contributed by atoms with Gasteiger partial charge in [0.1, 0.15) is 6.61 Å². The Morgan fingerprint density at radius 1 is 0.857 bits per heavy atom. The zero-order valence-corrected chi connectivity index (χ0v) is 17.5. The van der Waals surface area contributed by atoms with E-state index in [2.05, 4.69) is 0 Å². The van der Waals surface area contributed by atoms with Crippen LogP contribution in [0.1, 0.15) is 52.5 Å². The summed E-state index contributed by atoms with van der Waals surface area (Å²) in [6.45, 7) is 9.32. The second-order valence-corrected chi connectivity index (χ2v) is 8.21. The Labute approximate surface area is 168 Å². The van der Waals surface area contributed by atoms with Crippen LogP contribution in [0.15, 0.2) is 30.3 Å². The number of carboxylic acids is 1. The summed E-state index contributed by atoms with van der Waals surface area (Å²) in [6.07, 6.45) is 1.78. The molecule has 0 atom stereocenters. The van der Waals surface area contributed by atoms with Gasteiger partial charge in [0.25, 0.3) is 0 Å². The maximum atomic E-state index is 12.3. The Kier molecular flexibility index (Phi) is 10.2. The number of benzene rings is 1. The number of carboxylic acid groups (broad SMARTS) is 1. The van der Waals surface area contributed by atoms with Gasteiger partial charge in [-0.3, -0.25) is 9.59 Å². The first-order valence-electron chi connectivity index (χ1n) is 9.75. The van der Waals surface area contributed by atoms with E-state index in [0.29, 0.717) is 39.3 Å². The zero-order valence-electron chi connectivity index (χ0n) is 17.5. The standard InChI is InChI=1S/C22H34O6/c1-21(2,19(23)24)11-15-26-13-8-14-27-16-12-22(3,4)20(25)28-17-18-9-6-5-7-10-18/h5-7,9-10H,8,11-17H2,1-4H3,(H,23,24). The van der Waals surface area contributed by atoms with Crippen molar-refractivity contribution < 1.29 is 28.9 Å². The SMILES string of the molecule is CC(C)(CCOCCCOCCC(C)(C)C(=O)OCc1ccccc1)C(=O)O. The van der Waals surface area contributed by atoms with E-state index in [4.69, 9.17) is 19.3 Å². The van der Waals surface area contributed by atoms with Gasteiger partial charge in [0.2, 0.25) is 0 Å². The smallest absolute Gasteiger partial charge is 0.311 e. The lowest BCUT2D eigenvalue weighted by atomic mass is 9.90. The molecule has 6 heteroatoms. The Bertz CT molecular complexity index is 594. The summed E-state index contributed by atoms with van der Waals surface area (Å²) in [5.41, 5.74) is -0.403. The Balaban J connectivity index is 2.09. The predicted molar refractivity (Wildman–Crippen MR) is 107 cm³/mol. The first kappa shape index (κ1) is 24.1. The van der Waals surface area contributed by atoms with Crippen LogP contribution in [-0.4, -0.2) is 43.5 Å². The van der Waals surface area contributed by atoms with Gasteiger partial charge in [-0.15, -0.1) is 0 Å². The van der Waals surface area contributed by atoms with E-state index < -0.39 is 16.8 Å². The van der Waals surface area contributed by atoms with Crippen molar-refractivity contribution in [2.24, 2.45) is 10.8 Å². The third-order valence-electron chi connectivity index (χ3n) is 4.66. The van der Waals surface area contributed by atoms with E-state index in [0.717, 1.165) is 12.0 Å². The van der Waals surface area contributed by atoms with Crippen LogP contribution in [0, 0.1) is 10.8 Å². The fourth-order valence-electron chi connectivity index (χ4n) is 2.25. The predicted octanol–water partition coefficient (Wildman–Crippen LogP) is 4.07. The van der Waals surface area contributed by atoms with E-state index in [-0.39, 0.29) is 12.6 Å². The van der Waals surface area contributed by atoms with Crippen LogP contribution >= 0.6 is 0 Å². The fourth-order valence-corrected chi connectivity index (χ4v) is 2.25. The molecule has 0 bridgehead atoms. The fraction of sp³-hybridized carbons (Fsp3) is 0.636. The largest absolute Gasteiger partial charge is 0.481 e. The van der Waals surface area contributed by atoms with Crippen LogP contribution in [0.3, 0.4) is 0 Å². The molecular weight excluding hydrogens is 360 g/mol. The van der Waals surface area contributed by atoms with Crippen molar-refractivity contribution in [1.29, 1.82) is 0 Å². The lowest BCUT2D eigenvalue weighted by Crippen LogP contribution is -2.28. The summed E-state index contributed by atoms with van der Waals surface area (Å²) >= 11 is 0. The lowest BCUT2D eigenvalue weighted by molar-refractivity contribution is -0.156. The molecular formula is C22H34O6. The van der Waals surface area contributed by atoms with Crippen LogP contribution in [-0.2, 0) is 30.4 Å². The minimum Gasteiger partial charge on any atom is -0.481 e. The van der Waals surface area contributed by atoms with Crippen molar-refractivity contribution in [3.8, 4) is 0 Å². The number of hydrogen-bond donors (Lipinski definition) is 1. The number of hydrogen-bond acceptors (Lipinski definition) is 5. The highest BCUT2D eigenvalue weighted by Crippen LogP contribution is 2.23. The highest BCUT2D eigenvalue weighted by Gasteiger charge is 2.29. The van der Waals surface area contributed by atoms with Crippen molar-refractivity contribution in [2.75, 3.05) is 26.4 Å². The van der Waals surface area contributed by atoms with Crippen molar-refractivity contribution >= 4 is 11.9 Å². The third kappa shape index (κ3) is 9.33. The van der Waals surface area contributed by atoms with Gasteiger partial charge in [-0.25, -0.2) is 0 Å². The Morgan fingerprint density at radius 3 is 1.93 bits per heavy atom. The van der Waals surface area contributed by atoms with E-state index in [1.807, 2.05) is 44.2 Å². The van der Waals surface area contributed by atoms with Gasteiger partial charge in [-0.05, 0) is 52.5 Å². The van der Waals surface area contributed by atoms with Crippen molar-refractivity contribution in [1.82, 2.24) is 0 Å². The minimum atomic E-state index is -0.815. The number of esters is 1. The second-order valence-electron chi connectivity index (χ2n) is 8.21.